The molecule has 0 unspecified atom stereocenters. The van der Waals surface area contributed by atoms with E-state index in [-0.39, 0.29) is 0 Å². The molecule has 0 aliphatic rings. The van der Waals surface area contributed by atoms with Gasteiger partial charge < -0.3 is 0 Å². The van der Waals surface area contributed by atoms with Gasteiger partial charge in [0, 0.05) is 5.75 Å². The molecule has 7 heavy (non-hydrogen) atoms. The van der Waals surface area contributed by atoms with E-state index in [9.17, 15) is 4.79 Å². The fourth-order valence-electron chi connectivity index (χ4n) is 0.116. The Labute approximate surface area is 46.5 Å². The highest BCUT2D eigenvalue weighted by Crippen LogP contribution is 1.97. The SMILES string of the molecule is C=CCSN=C=O. The van der Waals surface area contributed by atoms with Crippen molar-refractivity contribution >= 4 is 18.0 Å². The molecule has 0 rings (SSSR count). The number of nitrogens with zero attached hydrogens (tertiary/aromatic N) is 1. The van der Waals surface area contributed by atoms with Crippen LogP contribution in [-0.4, -0.2) is 11.8 Å². The summed E-state index contributed by atoms with van der Waals surface area (Å²) in [6.07, 6.45) is 3.06. The predicted octanol–water partition coefficient (Wildman–Crippen LogP) is 1.16. The van der Waals surface area contributed by atoms with E-state index < -0.39 is 0 Å². The molecule has 0 radical (unpaired) electrons. The van der Waals surface area contributed by atoms with Crippen molar-refractivity contribution in [2.24, 2.45) is 4.40 Å². The Morgan fingerprint density at radius 2 is 2.71 bits per heavy atom. The number of rotatable bonds is 3. The maximum Gasteiger partial charge on any atom is 0.247 e. The van der Waals surface area contributed by atoms with Crippen molar-refractivity contribution in [1.29, 1.82) is 0 Å². The zero-order valence-electron chi connectivity index (χ0n) is 3.76. The van der Waals surface area contributed by atoms with Crippen LogP contribution >= 0.6 is 11.9 Å². The van der Waals surface area contributed by atoms with Gasteiger partial charge in [0.25, 0.3) is 0 Å². The van der Waals surface area contributed by atoms with Crippen molar-refractivity contribution in [1.82, 2.24) is 0 Å². The molecular formula is C4H5NOS. The van der Waals surface area contributed by atoms with Gasteiger partial charge in [-0.15, -0.1) is 11.0 Å². The first-order valence-corrected chi connectivity index (χ1v) is 2.66. The van der Waals surface area contributed by atoms with Crippen molar-refractivity contribution in [2.75, 3.05) is 5.75 Å². The molecule has 0 aromatic rings. The zero-order chi connectivity index (χ0) is 5.54. The number of hydrogen-bond donors (Lipinski definition) is 0. The fraction of sp³-hybridized carbons (Fsp3) is 0.250. The van der Waals surface area contributed by atoms with E-state index >= 15 is 0 Å². The van der Waals surface area contributed by atoms with Crippen LogP contribution in [0.15, 0.2) is 17.1 Å². The van der Waals surface area contributed by atoms with Crippen molar-refractivity contribution in [3.63, 3.8) is 0 Å². The summed E-state index contributed by atoms with van der Waals surface area (Å²) < 4.78 is 3.20. The number of hydrogen-bond acceptors (Lipinski definition) is 3. The lowest BCUT2D eigenvalue weighted by Gasteiger charge is -1.74. The van der Waals surface area contributed by atoms with Gasteiger partial charge >= 0.3 is 0 Å². The van der Waals surface area contributed by atoms with Crippen LogP contribution in [0, 0.1) is 0 Å². The molecule has 0 atom stereocenters. The minimum Gasteiger partial charge on any atom is -0.210 e. The first-order chi connectivity index (χ1) is 3.41. The number of isocyanates is 1. The van der Waals surface area contributed by atoms with E-state index in [1.807, 2.05) is 0 Å². The largest absolute Gasteiger partial charge is 0.247 e. The molecule has 0 bridgehead atoms. The fourth-order valence-corrected chi connectivity index (χ4v) is 0.349. The lowest BCUT2D eigenvalue weighted by molar-refractivity contribution is 0.566. The van der Waals surface area contributed by atoms with Gasteiger partial charge in [0.2, 0.25) is 6.08 Å². The molecule has 0 heterocycles. The Hall–Kier alpha value is -0.530. The van der Waals surface area contributed by atoms with Crippen LogP contribution in [0.1, 0.15) is 0 Å². The molecule has 2 nitrogen and oxygen atoms in total. The third kappa shape index (κ3) is 5.47. The molecule has 0 saturated heterocycles. The first-order valence-electron chi connectivity index (χ1n) is 1.72. The van der Waals surface area contributed by atoms with Crippen molar-refractivity contribution in [2.45, 2.75) is 0 Å². The molecule has 3 heteroatoms. The lowest BCUT2D eigenvalue weighted by Crippen LogP contribution is -1.59. The Morgan fingerprint density at radius 1 is 2.00 bits per heavy atom. The van der Waals surface area contributed by atoms with Crippen LogP contribution in [0.2, 0.25) is 0 Å². The minimum atomic E-state index is 0.676. The second kappa shape index (κ2) is 5.47. The van der Waals surface area contributed by atoms with E-state index in [1.165, 1.54) is 6.08 Å². The summed E-state index contributed by atoms with van der Waals surface area (Å²) in [4.78, 5) is 9.33. The van der Waals surface area contributed by atoms with Gasteiger partial charge in [-0.1, -0.05) is 6.08 Å². The van der Waals surface area contributed by atoms with Crippen molar-refractivity contribution in [3.8, 4) is 0 Å². The molecule has 0 amide bonds. The van der Waals surface area contributed by atoms with Gasteiger partial charge in [0.15, 0.2) is 0 Å². The van der Waals surface area contributed by atoms with Gasteiger partial charge in [-0.25, -0.2) is 4.79 Å². The quantitative estimate of drug-likeness (QED) is 0.181. The smallest absolute Gasteiger partial charge is 0.210 e. The lowest BCUT2D eigenvalue weighted by atomic mass is 10.8. The van der Waals surface area contributed by atoms with E-state index in [2.05, 4.69) is 11.0 Å². The van der Waals surface area contributed by atoms with E-state index in [0.29, 0.717) is 5.75 Å². The molecule has 0 aliphatic carbocycles. The molecule has 38 valence electrons. The standard InChI is InChI=1S/C4H5NOS/c1-2-3-7-5-4-6/h2H,1,3H2. The Balaban J connectivity index is 2.97. The van der Waals surface area contributed by atoms with Gasteiger partial charge in [0.05, 0.1) is 0 Å². The minimum absolute atomic E-state index is 0.676. The summed E-state index contributed by atoms with van der Waals surface area (Å²) in [6, 6.07) is 0. The Kier molecular flexibility index (Phi) is 5.06. The zero-order valence-corrected chi connectivity index (χ0v) is 4.57. The summed E-state index contributed by atoms with van der Waals surface area (Å²) in [6.45, 7) is 3.42. The summed E-state index contributed by atoms with van der Waals surface area (Å²) in [5, 5.41) is 0. The van der Waals surface area contributed by atoms with Crippen LogP contribution in [0.25, 0.3) is 0 Å². The highest BCUT2D eigenvalue weighted by atomic mass is 32.2. The normalized spacial score (nSPS) is 6.86. The second-order valence-electron chi connectivity index (χ2n) is 0.767. The van der Waals surface area contributed by atoms with Crippen molar-refractivity contribution < 1.29 is 4.79 Å². The van der Waals surface area contributed by atoms with E-state index in [1.54, 1.807) is 6.08 Å². The average Bonchev–Trinajstić information content (AvgIpc) is 1.69. The molecule has 0 aromatic carbocycles. The third-order valence-electron chi connectivity index (χ3n) is 0.294. The van der Waals surface area contributed by atoms with Gasteiger partial charge in [-0.3, -0.25) is 0 Å². The third-order valence-corrected chi connectivity index (χ3v) is 0.883. The summed E-state index contributed by atoms with van der Waals surface area (Å²) in [5.41, 5.74) is 0. The molecule has 0 spiro atoms. The first kappa shape index (κ1) is 6.47. The summed E-state index contributed by atoms with van der Waals surface area (Å²) in [7, 11) is 0. The van der Waals surface area contributed by atoms with E-state index in [0.717, 1.165) is 11.9 Å². The van der Waals surface area contributed by atoms with Crippen LogP contribution < -0.4 is 0 Å². The summed E-state index contributed by atoms with van der Waals surface area (Å²) in [5.74, 6) is 0.676. The highest BCUT2D eigenvalue weighted by molar-refractivity contribution is 7.98. The maximum atomic E-state index is 9.33. The van der Waals surface area contributed by atoms with Gasteiger partial charge in [-0.05, 0) is 11.9 Å². The van der Waals surface area contributed by atoms with Crippen molar-refractivity contribution in [3.05, 3.63) is 12.7 Å². The van der Waals surface area contributed by atoms with Gasteiger partial charge in [-0.2, -0.15) is 0 Å². The second-order valence-corrected chi connectivity index (χ2v) is 1.54. The van der Waals surface area contributed by atoms with Crippen LogP contribution in [-0.2, 0) is 4.79 Å². The molecule has 0 saturated carbocycles. The van der Waals surface area contributed by atoms with E-state index in [4.69, 9.17) is 0 Å². The topological polar surface area (TPSA) is 29.4 Å². The maximum absolute atomic E-state index is 9.33. The molecule has 0 aliphatic heterocycles. The van der Waals surface area contributed by atoms with Crippen LogP contribution in [0.4, 0.5) is 0 Å². The van der Waals surface area contributed by atoms with Crippen LogP contribution in [0.3, 0.4) is 0 Å². The molecule has 0 aromatic heterocycles. The predicted molar refractivity (Wildman–Crippen MR) is 30.8 cm³/mol. The highest BCUT2D eigenvalue weighted by Gasteiger charge is 1.70. The molecular weight excluding hydrogens is 110 g/mol. The van der Waals surface area contributed by atoms with Crippen LogP contribution in [0.5, 0.6) is 0 Å². The molecule has 0 fully saturated rings. The average molecular weight is 115 g/mol. The number of carbonyl (C=O) groups excluding carboxylic acids is 1. The monoisotopic (exact) mass is 115 g/mol. The molecule has 0 N–H and O–H groups in total. The Bertz CT molecular complexity index is 95.9. The van der Waals surface area contributed by atoms with Gasteiger partial charge in [0.1, 0.15) is 0 Å². The Morgan fingerprint density at radius 3 is 3.14 bits per heavy atom. The summed E-state index contributed by atoms with van der Waals surface area (Å²) >= 11 is 1.14.